The lowest BCUT2D eigenvalue weighted by Crippen LogP contribution is -2.38. The van der Waals surface area contributed by atoms with E-state index >= 15 is 0 Å². The Morgan fingerprint density at radius 2 is 1.97 bits per heavy atom. The van der Waals surface area contributed by atoms with Crippen molar-refractivity contribution in [3.63, 3.8) is 0 Å². The topological polar surface area (TPSA) is 69.8 Å². The van der Waals surface area contributed by atoms with Crippen molar-refractivity contribution in [1.29, 1.82) is 0 Å². The number of hydrogen-bond acceptors (Lipinski definition) is 3. The molecular formula is C21H21F3N4O. The van der Waals surface area contributed by atoms with Gasteiger partial charge in [0.1, 0.15) is 0 Å². The van der Waals surface area contributed by atoms with E-state index in [1.807, 2.05) is 24.3 Å². The Bertz CT molecular complexity index is 977. The Labute approximate surface area is 165 Å². The summed E-state index contributed by atoms with van der Waals surface area (Å²) in [7, 11) is 0. The molecule has 3 N–H and O–H groups in total. The third-order valence-electron chi connectivity index (χ3n) is 5.27. The highest BCUT2D eigenvalue weighted by Crippen LogP contribution is 2.32. The van der Waals surface area contributed by atoms with Crippen LogP contribution in [0.4, 0.5) is 19.1 Å². The molecule has 1 amide bonds. The van der Waals surface area contributed by atoms with Crippen molar-refractivity contribution >= 4 is 22.9 Å². The zero-order valence-electron chi connectivity index (χ0n) is 15.6. The van der Waals surface area contributed by atoms with E-state index in [4.69, 9.17) is 0 Å². The molecule has 1 heterocycles. The third-order valence-corrected chi connectivity index (χ3v) is 5.27. The number of nitrogens with one attached hydrogen (secondary N) is 3. The van der Waals surface area contributed by atoms with Crippen LogP contribution < -0.4 is 10.6 Å². The molecule has 1 atom stereocenters. The molecule has 1 saturated carbocycles. The number of hydrogen-bond donors (Lipinski definition) is 3. The molecule has 8 heteroatoms. The molecule has 4 rings (SSSR count). The number of carbonyl (C=O) groups excluding carboxylic acids is 1. The normalized spacial score (nSPS) is 15.7. The summed E-state index contributed by atoms with van der Waals surface area (Å²) >= 11 is 0. The van der Waals surface area contributed by atoms with E-state index in [1.54, 1.807) is 6.07 Å². The van der Waals surface area contributed by atoms with Crippen LogP contribution in [0.15, 0.2) is 48.5 Å². The number of halogens is 3. The van der Waals surface area contributed by atoms with Gasteiger partial charge in [-0.05, 0) is 42.7 Å². The van der Waals surface area contributed by atoms with Crippen molar-refractivity contribution in [2.24, 2.45) is 5.92 Å². The molecule has 1 fully saturated rings. The average molecular weight is 402 g/mol. The van der Waals surface area contributed by atoms with Gasteiger partial charge in [-0.3, -0.25) is 4.79 Å². The number of imidazole rings is 1. The van der Waals surface area contributed by atoms with Gasteiger partial charge in [-0.15, -0.1) is 0 Å². The van der Waals surface area contributed by atoms with Gasteiger partial charge < -0.3 is 15.6 Å². The van der Waals surface area contributed by atoms with Gasteiger partial charge in [0, 0.05) is 12.5 Å². The van der Waals surface area contributed by atoms with E-state index in [2.05, 4.69) is 20.6 Å². The van der Waals surface area contributed by atoms with Crippen molar-refractivity contribution in [2.45, 2.75) is 31.5 Å². The number of benzene rings is 2. The van der Waals surface area contributed by atoms with Gasteiger partial charge in [0.2, 0.25) is 11.9 Å². The predicted octanol–water partition coefficient (Wildman–Crippen LogP) is 4.65. The average Bonchev–Trinajstić information content (AvgIpc) is 3.05. The SMILES string of the molecule is O=C(NCC(Nc1nc2ccccc2[nH]1)c1cccc(C(F)(F)F)c1)C1CCC1. The van der Waals surface area contributed by atoms with Gasteiger partial charge in [0.25, 0.3) is 0 Å². The zero-order valence-corrected chi connectivity index (χ0v) is 15.6. The zero-order chi connectivity index (χ0) is 20.4. The molecule has 1 aliphatic rings. The van der Waals surface area contributed by atoms with Crippen LogP contribution in [-0.2, 0) is 11.0 Å². The summed E-state index contributed by atoms with van der Waals surface area (Å²) in [5.74, 6) is 0.384. The van der Waals surface area contributed by atoms with Gasteiger partial charge in [-0.25, -0.2) is 4.98 Å². The summed E-state index contributed by atoms with van der Waals surface area (Å²) in [6.45, 7) is 0.160. The number of amides is 1. The number of alkyl halides is 3. The fourth-order valence-electron chi connectivity index (χ4n) is 3.39. The molecule has 0 aliphatic heterocycles. The summed E-state index contributed by atoms with van der Waals surface area (Å²) < 4.78 is 39.5. The summed E-state index contributed by atoms with van der Waals surface area (Å²) in [6.07, 6.45) is -1.68. The van der Waals surface area contributed by atoms with E-state index in [-0.39, 0.29) is 18.4 Å². The molecule has 0 radical (unpaired) electrons. The van der Waals surface area contributed by atoms with Gasteiger partial charge >= 0.3 is 6.18 Å². The van der Waals surface area contributed by atoms with Crippen molar-refractivity contribution in [3.05, 3.63) is 59.7 Å². The second kappa shape index (κ2) is 7.77. The highest BCUT2D eigenvalue weighted by Gasteiger charge is 2.31. The highest BCUT2D eigenvalue weighted by atomic mass is 19.4. The van der Waals surface area contributed by atoms with E-state index in [0.29, 0.717) is 11.5 Å². The smallest absolute Gasteiger partial charge is 0.353 e. The molecule has 29 heavy (non-hydrogen) atoms. The number of para-hydroxylation sites is 2. The van der Waals surface area contributed by atoms with Crippen LogP contribution in [0.5, 0.6) is 0 Å². The number of aromatic nitrogens is 2. The lowest BCUT2D eigenvalue weighted by molar-refractivity contribution is -0.137. The number of aromatic amines is 1. The molecule has 1 aromatic heterocycles. The second-order valence-electron chi connectivity index (χ2n) is 7.30. The minimum Gasteiger partial charge on any atom is -0.353 e. The van der Waals surface area contributed by atoms with Crippen LogP contribution in [0.2, 0.25) is 0 Å². The Morgan fingerprint density at radius 1 is 1.17 bits per heavy atom. The van der Waals surface area contributed by atoms with E-state index in [0.717, 1.165) is 42.4 Å². The Kier molecular flexibility index (Phi) is 5.17. The van der Waals surface area contributed by atoms with E-state index in [9.17, 15) is 18.0 Å². The monoisotopic (exact) mass is 402 g/mol. The van der Waals surface area contributed by atoms with Crippen molar-refractivity contribution < 1.29 is 18.0 Å². The van der Waals surface area contributed by atoms with Crippen LogP contribution in [0.3, 0.4) is 0 Å². The highest BCUT2D eigenvalue weighted by molar-refractivity contribution is 5.79. The van der Waals surface area contributed by atoms with Gasteiger partial charge in [0.05, 0.1) is 22.6 Å². The van der Waals surface area contributed by atoms with Gasteiger partial charge in [-0.2, -0.15) is 13.2 Å². The van der Waals surface area contributed by atoms with Gasteiger partial charge in [0.15, 0.2) is 0 Å². The van der Waals surface area contributed by atoms with E-state index in [1.165, 1.54) is 6.07 Å². The minimum atomic E-state index is -4.44. The first-order chi connectivity index (χ1) is 13.9. The standard InChI is InChI=1S/C21H21F3N4O/c22-21(23,24)15-8-4-7-14(11-15)18(12-25-19(29)13-5-3-6-13)28-20-26-16-9-1-2-10-17(16)27-20/h1-2,4,7-11,13,18H,3,5-6,12H2,(H,25,29)(H2,26,27,28). The molecular weight excluding hydrogens is 381 g/mol. The summed E-state index contributed by atoms with van der Waals surface area (Å²) in [5.41, 5.74) is 1.26. The largest absolute Gasteiger partial charge is 0.416 e. The molecule has 152 valence electrons. The van der Waals surface area contributed by atoms with Crippen LogP contribution in [0, 0.1) is 5.92 Å². The Balaban J connectivity index is 1.58. The molecule has 5 nitrogen and oxygen atoms in total. The summed E-state index contributed by atoms with van der Waals surface area (Å²) in [4.78, 5) is 19.8. The first-order valence-electron chi connectivity index (χ1n) is 9.56. The third kappa shape index (κ3) is 4.36. The summed E-state index contributed by atoms with van der Waals surface area (Å²) in [6, 6.07) is 12.0. The number of nitrogens with zero attached hydrogens (tertiary/aromatic N) is 1. The molecule has 0 spiro atoms. The van der Waals surface area contributed by atoms with Crippen LogP contribution >= 0.6 is 0 Å². The van der Waals surface area contributed by atoms with Crippen LogP contribution in [0.1, 0.15) is 36.4 Å². The van der Waals surface area contributed by atoms with Crippen molar-refractivity contribution in [3.8, 4) is 0 Å². The lowest BCUT2D eigenvalue weighted by Gasteiger charge is -2.26. The van der Waals surface area contributed by atoms with Crippen molar-refractivity contribution in [2.75, 3.05) is 11.9 Å². The molecule has 0 bridgehead atoms. The van der Waals surface area contributed by atoms with Gasteiger partial charge in [-0.1, -0.05) is 30.7 Å². The van der Waals surface area contributed by atoms with E-state index < -0.39 is 17.8 Å². The maximum atomic E-state index is 13.2. The quantitative estimate of drug-likeness (QED) is 0.562. The molecule has 2 aromatic carbocycles. The Hall–Kier alpha value is -3.03. The summed E-state index contributed by atoms with van der Waals surface area (Å²) in [5, 5.41) is 6.02. The maximum absolute atomic E-state index is 13.2. The lowest BCUT2D eigenvalue weighted by atomic mass is 9.85. The van der Waals surface area contributed by atoms with Crippen LogP contribution in [-0.4, -0.2) is 22.4 Å². The Morgan fingerprint density at radius 3 is 2.66 bits per heavy atom. The molecule has 0 saturated heterocycles. The molecule has 1 aliphatic carbocycles. The number of H-pyrrole nitrogens is 1. The molecule has 3 aromatic rings. The van der Waals surface area contributed by atoms with Crippen LogP contribution in [0.25, 0.3) is 11.0 Å². The fourth-order valence-corrected chi connectivity index (χ4v) is 3.39. The maximum Gasteiger partial charge on any atom is 0.416 e. The van der Waals surface area contributed by atoms with Crippen molar-refractivity contribution in [1.82, 2.24) is 15.3 Å². The number of anilines is 1. The number of carbonyl (C=O) groups is 1. The fraction of sp³-hybridized carbons (Fsp3) is 0.333. The number of fused-ring (bicyclic) bond motifs is 1. The predicted molar refractivity (Wildman–Crippen MR) is 104 cm³/mol. The molecule has 1 unspecified atom stereocenters. The minimum absolute atomic E-state index is 0.00311. The number of rotatable bonds is 6. The first-order valence-corrected chi connectivity index (χ1v) is 9.56. The first kappa shape index (κ1) is 19.3. The second-order valence-corrected chi connectivity index (χ2v) is 7.30.